The van der Waals surface area contributed by atoms with Crippen molar-refractivity contribution in [2.45, 2.75) is 44.4 Å². The van der Waals surface area contributed by atoms with Gasteiger partial charge in [-0.15, -0.1) is 0 Å². The first kappa shape index (κ1) is 16.5. The summed E-state index contributed by atoms with van der Waals surface area (Å²) in [5, 5.41) is 0. The highest BCUT2D eigenvalue weighted by Crippen LogP contribution is 2.26. The number of nitrogens with two attached hydrogens (primary N) is 1. The van der Waals surface area contributed by atoms with Gasteiger partial charge in [0.05, 0.1) is 4.90 Å². The van der Waals surface area contributed by atoms with E-state index in [2.05, 4.69) is 27.6 Å². The Morgan fingerprint density at radius 1 is 1.26 bits per heavy atom. The Kier molecular flexibility index (Phi) is 6.29. The second-order valence-electron chi connectivity index (χ2n) is 4.60. The molecule has 0 saturated heterocycles. The maximum atomic E-state index is 12.2. The molecule has 0 radical (unpaired) electrons. The summed E-state index contributed by atoms with van der Waals surface area (Å²) in [4.78, 5) is 0.253. The number of unbranched alkanes of at least 4 members (excludes halogenated alkanes) is 3. The highest BCUT2D eigenvalue weighted by molar-refractivity contribution is 9.10. The van der Waals surface area contributed by atoms with Gasteiger partial charge >= 0.3 is 0 Å². The summed E-state index contributed by atoms with van der Waals surface area (Å²) in [7, 11) is -3.47. The molecule has 108 valence electrons. The van der Waals surface area contributed by atoms with Crippen LogP contribution in [-0.2, 0) is 10.0 Å². The fourth-order valence-corrected chi connectivity index (χ4v) is 3.59. The Balaban J connectivity index is 2.75. The summed E-state index contributed by atoms with van der Waals surface area (Å²) in [5.41, 5.74) is 6.85. The molecule has 0 fully saturated rings. The van der Waals surface area contributed by atoms with Crippen molar-refractivity contribution in [3.63, 3.8) is 0 Å². The van der Waals surface area contributed by atoms with Gasteiger partial charge in [-0.1, -0.05) is 26.2 Å². The van der Waals surface area contributed by atoms with E-state index in [0.29, 0.717) is 22.3 Å². The van der Waals surface area contributed by atoms with Crippen LogP contribution in [0.4, 0.5) is 5.69 Å². The van der Waals surface area contributed by atoms with Crippen LogP contribution < -0.4 is 10.5 Å². The summed E-state index contributed by atoms with van der Waals surface area (Å²) < 4.78 is 27.7. The van der Waals surface area contributed by atoms with E-state index in [1.54, 1.807) is 13.0 Å². The third-order valence-corrected chi connectivity index (χ3v) is 5.20. The fraction of sp³-hybridized carbons (Fsp3) is 0.538. The Labute approximate surface area is 124 Å². The molecule has 6 heteroatoms. The van der Waals surface area contributed by atoms with Gasteiger partial charge in [-0.2, -0.15) is 0 Å². The number of hydrogen-bond acceptors (Lipinski definition) is 3. The molecule has 0 spiro atoms. The zero-order valence-corrected chi connectivity index (χ0v) is 13.8. The summed E-state index contributed by atoms with van der Waals surface area (Å²) in [6.45, 7) is 4.35. The standard InChI is InChI=1S/C13H21BrN2O2S/c1-3-4-5-6-7-16-19(17,18)13-9-12(15)11(14)8-10(13)2/h8-9,16H,3-7,15H2,1-2H3. The minimum Gasteiger partial charge on any atom is -0.398 e. The van der Waals surface area contributed by atoms with E-state index in [1.165, 1.54) is 6.07 Å². The maximum Gasteiger partial charge on any atom is 0.240 e. The molecular weight excluding hydrogens is 328 g/mol. The van der Waals surface area contributed by atoms with E-state index in [9.17, 15) is 8.42 Å². The second kappa shape index (κ2) is 7.26. The first-order chi connectivity index (χ1) is 8.88. The van der Waals surface area contributed by atoms with Crippen LogP contribution in [0.15, 0.2) is 21.5 Å². The quantitative estimate of drug-likeness (QED) is 0.587. The molecule has 3 N–H and O–H groups in total. The second-order valence-corrected chi connectivity index (χ2v) is 7.19. The Bertz CT molecular complexity index is 530. The fourth-order valence-electron chi connectivity index (χ4n) is 1.79. The summed E-state index contributed by atoms with van der Waals surface area (Å²) >= 11 is 3.29. The van der Waals surface area contributed by atoms with E-state index in [4.69, 9.17) is 5.73 Å². The van der Waals surface area contributed by atoms with Gasteiger partial charge in [-0.05, 0) is 47.0 Å². The normalized spacial score (nSPS) is 11.7. The molecular formula is C13H21BrN2O2S. The van der Waals surface area contributed by atoms with Gasteiger partial charge in [0.15, 0.2) is 0 Å². The zero-order valence-electron chi connectivity index (χ0n) is 11.4. The minimum atomic E-state index is -3.47. The van der Waals surface area contributed by atoms with E-state index < -0.39 is 10.0 Å². The van der Waals surface area contributed by atoms with Crippen molar-refractivity contribution < 1.29 is 8.42 Å². The predicted octanol–water partition coefficient (Wildman–Crippen LogP) is 3.20. The molecule has 1 rings (SSSR count). The van der Waals surface area contributed by atoms with Crippen LogP contribution in [0.1, 0.15) is 38.2 Å². The van der Waals surface area contributed by atoms with Gasteiger partial charge in [0.1, 0.15) is 0 Å². The van der Waals surface area contributed by atoms with Gasteiger partial charge in [-0.25, -0.2) is 13.1 Å². The number of nitrogen functional groups attached to an aromatic ring is 1. The number of nitrogens with one attached hydrogen (secondary N) is 1. The smallest absolute Gasteiger partial charge is 0.240 e. The first-order valence-corrected chi connectivity index (χ1v) is 8.71. The van der Waals surface area contributed by atoms with E-state index >= 15 is 0 Å². The van der Waals surface area contributed by atoms with Gasteiger partial charge in [0, 0.05) is 16.7 Å². The number of hydrogen-bond donors (Lipinski definition) is 2. The topological polar surface area (TPSA) is 72.2 Å². The van der Waals surface area contributed by atoms with Crippen LogP contribution in [0.3, 0.4) is 0 Å². The maximum absolute atomic E-state index is 12.2. The molecule has 0 heterocycles. The number of aryl methyl sites for hydroxylation is 1. The van der Waals surface area contributed by atoms with Gasteiger partial charge in [-0.3, -0.25) is 0 Å². The van der Waals surface area contributed by atoms with Crippen molar-refractivity contribution in [1.82, 2.24) is 4.72 Å². The monoisotopic (exact) mass is 348 g/mol. The van der Waals surface area contributed by atoms with Crippen LogP contribution in [0.2, 0.25) is 0 Å². The largest absolute Gasteiger partial charge is 0.398 e. The average Bonchev–Trinajstić information content (AvgIpc) is 2.33. The molecule has 0 atom stereocenters. The lowest BCUT2D eigenvalue weighted by Crippen LogP contribution is -2.25. The third-order valence-electron chi connectivity index (χ3n) is 2.91. The minimum absolute atomic E-state index is 0.253. The number of rotatable bonds is 7. The Morgan fingerprint density at radius 2 is 1.95 bits per heavy atom. The van der Waals surface area contributed by atoms with E-state index in [0.717, 1.165) is 25.7 Å². The highest BCUT2D eigenvalue weighted by atomic mass is 79.9. The van der Waals surface area contributed by atoms with Crippen molar-refractivity contribution in [2.75, 3.05) is 12.3 Å². The molecule has 0 saturated carbocycles. The van der Waals surface area contributed by atoms with Crippen molar-refractivity contribution in [1.29, 1.82) is 0 Å². The van der Waals surface area contributed by atoms with Crippen LogP contribution in [0.5, 0.6) is 0 Å². The molecule has 0 unspecified atom stereocenters. The number of benzene rings is 1. The third kappa shape index (κ3) is 4.78. The molecule has 0 amide bonds. The molecule has 19 heavy (non-hydrogen) atoms. The summed E-state index contributed by atoms with van der Waals surface area (Å²) in [5.74, 6) is 0. The molecule has 1 aromatic rings. The molecule has 0 aliphatic heterocycles. The lowest BCUT2D eigenvalue weighted by Gasteiger charge is -2.11. The Hall–Kier alpha value is -0.590. The van der Waals surface area contributed by atoms with Crippen molar-refractivity contribution in [3.8, 4) is 0 Å². The van der Waals surface area contributed by atoms with Crippen molar-refractivity contribution in [3.05, 3.63) is 22.2 Å². The molecule has 4 nitrogen and oxygen atoms in total. The SMILES string of the molecule is CCCCCCNS(=O)(=O)c1cc(N)c(Br)cc1C. The van der Waals surface area contributed by atoms with Gasteiger partial charge in [0.25, 0.3) is 0 Å². The van der Waals surface area contributed by atoms with Crippen molar-refractivity contribution >= 4 is 31.6 Å². The van der Waals surface area contributed by atoms with Crippen LogP contribution in [-0.4, -0.2) is 15.0 Å². The van der Waals surface area contributed by atoms with E-state index in [1.807, 2.05) is 0 Å². The van der Waals surface area contributed by atoms with E-state index in [-0.39, 0.29) is 4.90 Å². The lowest BCUT2D eigenvalue weighted by atomic mass is 10.2. The molecule has 0 aliphatic rings. The molecule has 1 aromatic carbocycles. The van der Waals surface area contributed by atoms with Gasteiger partial charge in [0.2, 0.25) is 10.0 Å². The van der Waals surface area contributed by atoms with Crippen LogP contribution in [0, 0.1) is 6.92 Å². The van der Waals surface area contributed by atoms with Gasteiger partial charge < -0.3 is 5.73 Å². The van der Waals surface area contributed by atoms with Crippen molar-refractivity contribution in [2.24, 2.45) is 0 Å². The summed E-state index contributed by atoms with van der Waals surface area (Å²) in [6.07, 6.45) is 4.17. The highest BCUT2D eigenvalue weighted by Gasteiger charge is 2.17. The lowest BCUT2D eigenvalue weighted by molar-refractivity contribution is 0.573. The predicted molar refractivity (Wildman–Crippen MR) is 82.6 cm³/mol. The van der Waals surface area contributed by atoms with Crippen LogP contribution in [0.25, 0.3) is 0 Å². The molecule has 0 aliphatic carbocycles. The molecule has 0 aromatic heterocycles. The number of halogens is 1. The number of sulfonamides is 1. The average molecular weight is 349 g/mol. The number of anilines is 1. The summed E-state index contributed by atoms with van der Waals surface area (Å²) in [6, 6.07) is 3.22. The molecule has 0 bridgehead atoms. The van der Waals surface area contributed by atoms with Crippen LogP contribution >= 0.6 is 15.9 Å². The zero-order chi connectivity index (χ0) is 14.5. The Morgan fingerprint density at radius 3 is 2.58 bits per heavy atom. The first-order valence-electron chi connectivity index (χ1n) is 6.43.